The molecular formula is C12H19NO2. The van der Waals surface area contributed by atoms with Gasteiger partial charge in [0.15, 0.2) is 0 Å². The predicted octanol–water partition coefficient (Wildman–Crippen LogP) is 2.53. The summed E-state index contributed by atoms with van der Waals surface area (Å²) in [7, 11) is 1.70. The molecule has 0 saturated heterocycles. The Labute approximate surface area is 91.4 Å². The molecule has 3 nitrogen and oxygen atoms in total. The van der Waals surface area contributed by atoms with Gasteiger partial charge in [0.05, 0.1) is 12.7 Å². The molecule has 0 bridgehead atoms. The van der Waals surface area contributed by atoms with Gasteiger partial charge < -0.3 is 14.8 Å². The summed E-state index contributed by atoms with van der Waals surface area (Å²) >= 11 is 0. The Morgan fingerprint density at radius 1 is 1.20 bits per heavy atom. The highest BCUT2D eigenvalue weighted by molar-refractivity contribution is 5.46. The lowest BCUT2D eigenvalue weighted by Gasteiger charge is -2.10. The van der Waals surface area contributed by atoms with Crippen LogP contribution in [-0.4, -0.2) is 26.4 Å². The fourth-order valence-electron chi connectivity index (χ4n) is 1.22. The maximum absolute atomic E-state index is 5.54. The number of methoxy groups -OCH3 is 1. The van der Waals surface area contributed by atoms with Gasteiger partial charge in [0.2, 0.25) is 0 Å². The first-order chi connectivity index (χ1) is 7.22. The molecule has 0 atom stereocenters. The van der Waals surface area contributed by atoms with Crippen molar-refractivity contribution in [1.82, 2.24) is 0 Å². The normalized spacial score (nSPS) is 10.4. The molecule has 0 aliphatic rings. The number of benzene rings is 1. The van der Waals surface area contributed by atoms with E-state index in [-0.39, 0.29) is 6.10 Å². The molecule has 0 fully saturated rings. The zero-order valence-corrected chi connectivity index (χ0v) is 9.62. The van der Waals surface area contributed by atoms with Crippen LogP contribution in [-0.2, 0) is 4.74 Å². The molecule has 0 amide bonds. The second-order valence-corrected chi connectivity index (χ2v) is 3.61. The van der Waals surface area contributed by atoms with Crippen molar-refractivity contribution in [1.29, 1.82) is 0 Å². The van der Waals surface area contributed by atoms with Gasteiger partial charge in [-0.2, -0.15) is 0 Å². The summed E-state index contributed by atoms with van der Waals surface area (Å²) < 4.78 is 10.5. The predicted molar refractivity (Wildman–Crippen MR) is 62.6 cm³/mol. The minimum Gasteiger partial charge on any atom is -0.491 e. The molecule has 1 aromatic rings. The Hall–Kier alpha value is -1.22. The van der Waals surface area contributed by atoms with Crippen molar-refractivity contribution in [2.45, 2.75) is 20.0 Å². The fraction of sp³-hybridized carbons (Fsp3) is 0.500. The van der Waals surface area contributed by atoms with Gasteiger partial charge in [0, 0.05) is 19.3 Å². The summed E-state index contributed by atoms with van der Waals surface area (Å²) in [5, 5.41) is 3.25. The number of hydrogen-bond acceptors (Lipinski definition) is 3. The largest absolute Gasteiger partial charge is 0.491 e. The van der Waals surface area contributed by atoms with E-state index >= 15 is 0 Å². The summed E-state index contributed by atoms with van der Waals surface area (Å²) in [5.74, 6) is 0.905. The van der Waals surface area contributed by atoms with E-state index in [0.717, 1.165) is 18.0 Å². The number of anilines is 1. The van der Waals surface area contributed by atoms with Crippen LogP contribution in [0.15, 0.2) is 24.3 Å². The van der Waals surface area contributed by atoms with Crippen LogP contribution in [0, 0.1) is 0 Å². The van der Waals surface area contributed by atoms with Crippen LogP contribution in [0.5, 0.6) is 5.75 Å². The second kappa shape index (κ2) is 6.30. The van der Waals surface area contributed by atoms with Crippen molar-refractivity contribution in [2.75, 3.05) is 25.6 Å². The Morgan fingerprint density at radius 2 is 1.87 bits per heavy atom. The van der Waals surface area contributed by atoms with Gasteiger partial charge in [-0.15, -0.1) is 0 Å². The van der Waals surface area contributed by atoms with Crippen LogP contribution in [0.3, 0.4) is 0 Å². The number of nitrogens with one attached hydrogen (secondary N) is 1. The summed E-state index contributed by atoms with van der Waals surface area (Å²) in [5.41, 5.74) is 1.09. The molecule has 0 aliphatic carbocycles. The fourth-order valence-corrected chi connectivity index (χ4v) is 1.22. The zero-order chi connectivity index (χ0) is 11.1. The molecule has 0 aromatic heterocycles. The first-order valence-corrected chi connectivity index (χ1v) is 5.22. The third kappa shape index (κ3) is 4.70. The lowest BCUT2D eigenvalue weighted by atomic mass is 10.3. The molecule has 0 radical (unpaired) electrons. The molecule has 1 N–H and O–H groups in total. The molecule has 3 heteroatoms. The van der Waals surface area contributed by atoms with E-state index in [9.17, 15) is 0 Å². The van der Waals surface area contributed by atoms with E-state index in [1.807, 2.05) is 38.1 Å². The quantitative estimate of drug-likeness (QED) is 0.730. The van der Waals surface area contributed by atoms with Crippen molar-refractivity contribution in [3.63, 3.8) is 0 Å². The Bertz CT molecular complexity index is 269. The van der Waals surface area contributed by atoms with Crippen molar-refractivity contribution in [2.24, 2.45) is 0 Å². The summed E-state index contributed by atoms with van der Waals surface area (Å²) in [6, 6.07) is 7.95. The van der Waals surface area contributed by atoms with Crippen LogP contribution >= 0.6 is 0 Å². The van der Waals surface area contributed by atoms with E-state index in [1.54, 1.807) is 7.11 Å². The molecule has 0 heterocycles. The van der Waals surface area contributed by atoms with E-state index in [0.29, 0.717) is 6.61 Å². The molecule has 84 valence electrons. The third-order valence-corrected chi connectivity index (χ3v) is 1.86. The number of rotatable bonds is 6. The van der Waals surface area contributed by atoms with Gasteiger partial charge in [-0.1, -0.05) is 0 Å². The van der Waals surface area contributed by atoms with Crippen LogP contribution in [0.4, 0.5) is 5.69 Å². The lowest BCUT2D eigenvalue weighted by molar-refractivity contribution is 0.211. The number of ether oxygens (including phenoxy) is 2. The van der Waals surface area contributed by atoms with Crippen molar-refractivity contribution in [3.8, 4) is 5.75 Å². The van der Waals surface area contributed by atoms with Gasteiger partial charge in [-0.3, -0.25) is 0 Å². The molecule has 0 unspecified atom stereocenters. The molecule has 1 aromatic carbocycles. The van der Waals surface area contributed by atoms with Crippen LogP contribution < -0.4 is 10.1 Å². The summed E-state index contributed by atoms with van der Waals surface area (Å²) in [6.07, 6.45) is 0.220. The third-order valence-electron chi connectivity index (χ3n) is 1.86. The molecule has 15 heavy (non-hydrogen) atoms. The topological polar surface area (TPSA) is 30.5 Å². The van der Waals surface area contributed by atoms with E-state index in [2.05, 4.69) is 5.32 Å². The van der Waals surface area contributed by atoms with Gasteiger partial charge in [-0.25, -0.2) is 0 Å². The highest BCUT2D eigenvalue weighted by atomic mass is 16.5. The average Bonchev–Trinajstić information content (AvgIpc) is 2.20. The van der Waals surface area contributed by atoms with E-state index in [1.165, 1.54) is 0 Å². The number of hydrogen-bond donors (Lipinski definition) is 1. The van der Waals surface area contributed by atoms with Gasteiger partial charge in [0.25, 0.3) is 0 Å². The summed E-state index contributed by atoms with van der Waals surface area (Å²) in [6.45, 7) is 5.57. The Morgan fingerprint density at radius 3 is 2.40 bits per heavy atom. The minimum absolute atomic E-state index is 0.220. The maximum atomic E-state index is 5.54. The molecule has 0 spiro atoms. The Balaban J connectivity index is 2.42. The average molecular weight is 209 g/mol. The summed E-state index contributed by atoms with van der Waals surface area (Å²) in [4.78, 5) is 0. The van der Waals surface area contributed by atoms with Gasteiger partial charge >= 0.3 is 0 Å². The first kappa shape index (κ1) is 11.9. The maximum Gasteiger partial charge on any atom is 0.119 e. The second-order valence-electron chi connectivity index (χ2n) is 3.61. The van der Waals surface area contributed by atoms with Crippen molar-refractivity contribution < 1.29 is 9.47 Å². The van der Waals surface area contributed by atoms with E-state index in [4.69, 9.17) is 9.47 Å². The van der Waals surface area contributed by atoms with Gasteiger partial charge in [0.1, 0.15) is 5.75 Å². The smallest absolute Gasteiger partial charge is 0.119 e. The van der Waals surface area contributed by atoms with Crippen LogP contribution in [0.25, 0.3) is 0 Å². The molecule has 1 rings (SSSR count). The standard InChI is InChI=1S/C12H19NO2/c1-10(2)15-12-6-4-11(5-7-12)13-8-9-14-3/h4-7,10,13H,8-9H2,1-3H3. The first-order valence-electron chi connectivity index (χ1n) is 5.22. The molecular weight excluding hydrogens is 190 g/mol. The van der Waals surface area contributed by atoms with Gasteiger partial charge in [-0.05, 0) is 38.1 Å². The SMILES string of the molecule is COCCNc1ccc(OC(C)C)cc1. The van der Waals surface area contributed by atoms with Crippen LogP contribution in [0.2, 0.25) is 0 Å². The monoisotopic (exact) mass is 209 g/mol. The lowest BCUT2D eigenvalue weighted by Crippen LogP contribution is -2.08. The van der Waals surface area contributed by atoms with Crippen LogP contribution in [0.1, 0.15) is 13.8 Å². The Kier molecular flexibility index (Phi) is 4.98. The molecule has 0 aliphatic heterocycles. The minimum atomic E-state index is 0.220. The van der Waals surface area contributed by atoms with Crippen molar-refractivity contribution in [3.05, 3.63) is 24.3 Å². The van der Waals surface area contributed by atoms with E-state index < -0.39 is 0 Å². The molecule has 0 saturated carbocycles. The highest BCUT2D eigenvalue weighted by Crippen LogP contribution is 2.16. The highest BCUT2D eigenvalue weighted by Gasteiger charge is 1.97. The van der Waals surface area contributed by atoms with Crippen molar-refractivity contribution >= 4 is 5.69 Å². The zero-order valence-electron chi connectivity index (χ0n) is 9.62.